The van der Waals surface area contributed by atoms with Gasteiger partial charge in [0.2, 0.25) is 9.04 Å². The van der Waals surface area contributed by atoms with E-state index in [-0.39, 0.29) is 0 Å². The van der Waals surface area contributed by atoms with Crippen LogP contribution in [0.15, 0.2) is 53.8 Å². The molecule has 0 aliphatic rings. The van der Waals surface area contributed by atoms with E-state index in [1.807, 2.05) is 36.5 Å². The summed E-state index contributed by atoms with van der Waals surface area (Å²) in [6, 6.07) is 12.0. The second kappa shape index (κ2) is 6.85. The second-order valence-corrected chi connectivity index (χ2v) is 6.86. The molecule has 3 nitrogen and oxygen atoms in total. The predicted molar refractivity (Wildman–Crippen MR) is 81.5 cm³/mol. The van der Waals surface area contributed by atoms with Crippen molar-refractivity contribution in [2.24, 2.45) is 4.99 Å². The van der Waals surface area contributed by atoms with Crippen LogP contribution in [0.25, 0.3) is 0 Å². The van der Waals surface area contributed by atoms with Gasteiger partial charge in [0.15, 0.2) is 0 Å². The van der Waals surface area contributed by atoms with Crippen LogP contribution in [-0.4, -0.2) is 20.2 Å². The lowest BCUT2D eigenvalue weighted by molar-refractivity contribution is 0.572. The smallest absolute Gasteiger partial charge is 0.229 e. The lowest BCUT2D eigenvalue weighted by Gasteiger charge is -2.12. The Morgan fingerprint density at radius 3 is 2.79 bits per heavy atom. The quantitative estimate of drug-likeness (QED) is 0.618. The molecule has 98 valence electrons. The molecule has 0 saturated heterocycles. The van der Waals surface area contributed by atoms with E-state index in [0.29, 0.717) is 6.54 Å². The lowest BCUT2D eigenvalue weighted by Crippen LogP contribution is -2.12. The maximum absolute atomic E-state index is 5.90. The second-order valence-electron chi connectivity index (χ2n) is 4.53. The van der Waals surface area contributed by atoms with Crippen LogP contribution in [0.2, 0.25) is 13.1 Å². The van der Waals surface area contributed by atoms with Gasteiger partial charge in [-0.15, -0.1) is 0 Å². The van der Waals surface area contributed by atoms with Crippen LogP contribution in [0.3, 0.4) is 0 Å². The lowest BCUT2D eigenvalue weighted by atomic mass is 10.2. The monoisotopic (exact) mass is 270 g/mol. The van der Waals surface area contributed by atoms with E-state index in [1.54, 1.807) is 12.4 Å². The molecule has 19 heavy (non-hydrogen) atoms. The van der Waals surface area contributed by atoms with Gasteiger partial charge < -0.3 is 4.43 Å². The molecule has 0 aliphatic carbocycles. The molecular formula is C15H18N2OSi. The summed E-state index contributed by atoms with van der Waals surface area (Å²) in [5.41, 5.74) is 2.14. The Morgan fingerprint density at radius 1 is 1.21 bits per heavy atom. The molecule has 1 aromatic heterocycles. The van der Waals surface area contributed by atoms with Crippen molar-refractivity contribution in [2.75, 3.05) is 0 Å². The molecule has 1 heterocycles. The Labute approximate surface area is 115 Å². The average Bonchev–Trinajstić information content (AvgIpc) is 2.41. The molecule has 0 bridgehead atoms. The third-order valence-electron chi connectivity index (χ3n) is 2.52. The van der Waals surface area contributed by atoms with Crippen molar-refractivity contribution in [3.63, 3.8) is 0 Å². The average molecular weight is 270 g/mol. The van der Waals surface area contributed by atoms with E-state index in [9.17, 15) is 0 Å². The van der Waals surface area contributed by atoms with E-state index in [4.69, 9.17) is 4.43 Å². The SMILES string of the molecule is C[SiH](C)Oc1ccccc1CN=Cc1cccnc1. The van der Waals surface area contributed by atoms with Crippen LogP contribution in [0.4, 0.5) is 0 Å². The summed E-state index contributed by atoms with van der Waals surface area (Å²) in [7, 11) is -1.08. The van der Waals surface area contributed by atoms with E-state index in [2.05, 4.69) is 29.1 Å². The first-order valence-corrected chi connectivity index (χ1v) is 9.18. The molecule has 0 spiro atoms. The Hall–Kier alpha value is -1.94. The van der Waals surface area contributed by atoms with Gasteiger partial charge in [0.25, 0.3) is 0 Å². The highest BCUT2D eigenvalue weighted by molar-refractivity contribution is 6.49. The van der Waals surface area contributed by atoms with Gasteiger partial charge in [-0.3, -0.25) is 9.98 Å². The van der Waals surface area contributed by atoms with Crippen LogP contribution in [0, 0.1) is 0 Å². The van der Waals surface area contributed by atoms with Crippen molar-refractivity contribution in [3.8, 4) is 5.75 Å². The van der Waals surface area contributed by atoms with Crippen LogP contribution in [-0.2, 0) is 6.54 Å². The molecule has 1 aromatic carbocycles. The predicted octanol–water partition coefficient (Wildman–Crippen LogP) is 3.06. The van der Waals surface area contributed by atoms with E-state index in [0.717, 1.165) is 16.9 Å². The molecule has 0 atom stereocenters. The number of rotatable bonds is 5. The number of para-hydroxylation sites is 1. The highest BCUT2D eigenvalue weighted by Gasteiger charge is 2.04. The zero-order chi connectivity index (χ0) is 13.5. The zero-order valence-corrected chi connectivity index (χ0v) is 12.4. The van der Waals surface area contributed by atoms with Crippen LogP contribution >= 0.6 is 0 Å². The number of aromatic nitrogens is 1. The molecule has 0 saturated carbocycles. The van der Waals surface area contributed by atoms with Crippen LogP contribution < -0.4 is 4.43 Å². The van der Waals surface area contributed by atoms with E-state index in [1.165, 1.54) is 0 Å². The largest absolute Gasteiger partial charge is 0.547 e. The number of pyridine rings is 1. The molecule has 0 unspecified atom stereocenters. The number of nitrogens with zero attached hydrogens (tertiary/aromatic N) is 2. The topological polar surface area (TPSA) is 34.5 Å². The summed E-state index contributed by atoms with van der Waals surface area (Å²) in [6.07, 6.45) is 5.40. The van der Waals surface area contributed by atoms with Crippen molar-refractivity contribution in [1.82, 2.24) is 4.98 Å². The first kappa shape index (κ1) is 13.5. The third-order valence-corrected chi connectivity index (χ3v) is 3.25. The molecule has 0 amide bonds. The van der Waals surface area contributed by atoms with E-state index >= 15 is 0 Å². The Kier molecular flexibility index (Phi) is 4.86. The van der Waals surface area contributed by atoms with Gasteiger partial charge in [0.1, 0.15) is 5.75 Å². The minimum Gasteiger partial charge on any atom is -0.547 e. The molecule has 2 rings (SSSR count). The molecule has 0 N–H and O–H groups in total. The maximum Gasteiger partial charge on any atom is 0.229 e. The summed E-state index contributed by atoms with van der Waals surface area (Å²) in [6.45, 7) is 4.96. The van der Waals surface area contributed by atoms with Gasteiger partial charge in [0.05, 0.1) is 6.54 Å². The first-order valence-electron chi connectivity index (χ1n) is 6.40. The van der Waals surface area contributed by atoms with Crippen molar-refractivity contribution >= 4 is 15.3 Å². The Bertz CT molecular complexity index is 541. The van der Waals surface area contributed by atoms with Gasteiger partial charge >= 0.3 is 0 Å². The Morgan fingerprint density at radius 2 is 2.05 bits per heavy atom. The first-order chi connectivity index (χ1) is 9.25. The van der Waals surface area contributed by atoms with E-state index < -0.39 is 9.04 Å². The molecule has 0 fully saturated rings. The van der Waals surface area contributed by atoms with Gasteiger partial charge in [0, 0.05) is 29.7 Å². The van der Waals surface area contributed by atoms with Crippen molar-refractivity contribution < 1.29 is 4.43 Å². The summed E-state index contributed by atoms with van der Waals surface area (Å²) in [4.78, 5) is 8.51. The molecule has 0 aliphatic heterocycles. The summed E-state index contributed by atoms with van der Waals surface area (Å²) in [5.74, 6) is 0.965. The van der Waals surface area contributed by atoms with Crippen LogP contribution in [0.5, 0.6) is 5.75 Å². The maximum atomic E-state index is 5.90. The summed E-state index contributed by atoms with van der Waals surface area (Å²) < 4.78 is 5.90. The summed E-state index contributed by atoms with van der Waals surface area (Å²) >= 11 is 0. The molecule has 2 aromatic rings. The summed E-state index contributed by atoms with van der Waals surface area (Å²) in [5, 5.41) is 0. The van der Waals surface area contributed by atoms with Gasteiger partial charge in [-0.05, 0) is 25.2 Å². The fourth-order valence-corrected chi connectivity index (χ4v) is 2.44. The molecule has 0 radical (unpaired) electrons. The molecule has 4 heteroatoms. The minimum atomic E-state index is -1.08. The number of hydrogen-bond acceptors (Lipinski definition) is 3. The fraction of sp³-hybridized carbons (Fsp3) is 0.200. The van der Waals surface area contributed by atoms with Crippen LogP contribution in [0.1, 0.15) is 11.1 Å². The third kappa shape index (κ3) is 4.33. The van der Waals surface area contributed by atoms with Crippen molar-refractivity contribution in [2.45, 2.75) is 19.6 Å². The van der Waals surface area contributed by atoms with Crippen molar-refractivity contribution in [1.29, 1.82) is 0 Å². The zero-order valence-electron chi connectivity index (χ0n) is 11.3. The fourth-order valence-electron chi connectivity index (χ4n) is 1.71. The van der Waals surface area contributed by atoms with Gasteiger partial charge in [-0.2, -0.15) is 0 Å². The number of hydrogen-bond donors (Lipinski definition) is 0. The highest BCUT2D eigenvalue weighted by atomic mass is 28.3. The molecular weight excluding hydrogens is 252 g/mol. The number of benzene rings is 1. The standard InChI is InChI=1S/C15H18N2OSi/c1-19(2)18-15-8-4-3-7-14(15)12-17-11-13-6-5-9-16-10-13/h3-11,19H,12H2,1-2H3. The number of aliphatic imine (C=N–C) groups is 1. The highest BCUT2D eigenvalue weighted by Crippen LogP contribution is 2.19. The van der Waals surface area contributed by atoms with Gasteiger partial charge in [-0.1, -0.05) is 24.3 Å². The minimum absolute atomic E-state index is 0.631. The normalized spacial score (nSPS) is 11.1. The van der Waals surface area contributed by atoms with Crippen molar-refractivity contribution in [3.05, 3.63) is 59.9 Å². The Balaban J connectivity index is 2.05. The van der Waals surface area contributed by atoms with Gasteiger partial charge in [-0.25, -0.2) is 0 Å².